The van der Waals surface area contributed by atoms with Crippen LogP contribution in [0.15, 0.2) is 36.4 Å². The Labute approximate surface area is 127 Å². The molecule has 20 heavy (non-hydrogen) atoms. The predicted octanol–water partition coefficient (Wildman–Crippen LogP) is 3.21. The lowest BCUT2D eigenvalue weighted by Crippen LogP contribution is -2.42. The number of rotatable bonds is 0. The van der Waals surface area contributed by atoms with Crippen molar-refractivity contribution in [2.45, 2.75) is 27.7 Å². The van der Waals surface area contributed by atoms with Crippen LogP contribution in [0.25, 0.3) is 0 Å². The van der Waals surface area contributed by atoms with Crippen molar-refractivity contribution in [3.8, 4) is 0 Å². The molecular formula is C17H36N2O. The smallest absolute Gasteiger partial charge is 0.0319 e. The summed E-state index contributed by atoms with van der Waals surface area (Å²) in [6.07, 6.45) is 0. The first-order chi connectivity index (χ1) is 9.79. The van der Waals surface area contributed by atoms with Crippen LogP contribution in [0, 0.1) is 0 Å². The molecule has 0 bridgehead atoms. The van der Waals surface area contributed by atoms with Crippen LogP contribution in [0.4, 0.5) is 0 Å². The summed E-state index contributed by atoms with van der Waals surface area (Å²) < 4.78 is 0. The fourth-order valence-electron chi connectivity index (χ4n) is 1.29. The van der Waals surface area contributed by atoms with Crippen molar-refractivity contribution >= 4 is 0 Å². The lowest BCUT2D eigenvalue weighted by Gasteiger charge is -2.28. The van der Waals surface area contributed by atoms with E-state index >= 15 is 0 Å². The van der Waals surface area contributed by atoms with Gasteiger partial charge in [-0.25, -0.2) is 0 Å². The Balaban J connectivity index is -0.000000215. The van der Waals surface area contributed by atoms with E-state index in [9.17, 15) is 0 Å². The molecule has 0 unspecified atom stereocenters. The summed E-state index contributed by atoms with van der Waals surface area (Å²) in [6.45, 7) is 12.9. The van der Waals surface area contributed by atoms with Gasteiger partial charge in [-0.2, -0.15) is 0 Å². The third-order valence-corrected chi connectivity index (χ3v) is 2.39. The van der Waals surface area contributed by atoms with Gasteiger partial charge >= 0.3 is 0 Å². The molecule has 1 aliphatic rings. The second-order valence-corrected chi connectivity index (χ2v) is 3.76. The molecule has 1 aliphatic heterocycles. The first-order valence-electron chi connectivity index (χ1n) is 7.61. The Morgan fingerprint density at radius 3 is 0.850 bits per heavy atom. The minimum Gasteiger partial charge on any atom is -0.400 e. The maximum atomic E-state index is 7.00. The third kappa shape index (κ3) is 19.4. The summed E-state index contributed by atoms with van der Waals surface area (Å²) in [5.74, 6) is 0. The van der Waals surface area contributed by atoms with Gasteiger partial charge in [0.05, 0.1) is 0 Å². The quantitative estimate of drug-likeness (QED) is 0.792. The average Bonchev–Trinajstić information content (AvgIpc) is 2.58. The largest absolute Gasteiger partial charge is 0.400 e. The summed E-state index contributed by atoms with van der Waals surface area (Å²) in [6, 6.07) is 12.0. The van der Waals surface area contributed by atoms with E-state index < -0.39 is 0 Å². The molecule has 3 nitrogen and oxygen atoms in total. The van der Waals surface area contributed by atoms with Crippen molar-refractivity contribution in [3.05, 3.63) is 36.4 Å². The Bertz CT molecular complexity index is 185. The van der Waals surface area contributed by atoms with Gasteiger partial charge < -0.3 is 14.9 Å². The van der Waals surface area contributed by atoms with Gasteiger partial charge in [-0.05, 0) is 14.1 Å². The van der Waals surface area contributed by atoms with Crippen LogP contribution in [0.1, 0.15) is 27.7 Å². The minimum atomic E-state index is 1.00. The highest BCUT2D eigenvalue weighted by molar-refractivity contribution is 4.99. The standard InChI is InChI=1S/C6H14N2.C6H6.2C2H6.CH4O/c1-7-3-5-8(2)6-4-7;1-2-4-6-5-3-1;3*1-2/h3-6H2,1-2H3;1-6H;2*1-2H3;2H,1H3. The number of hydrogen-bond donors (Lipinski definition) is 1. The van der Waals surface area contributed by atoms with Crippen LogP contribution in [-0.4, -0.2) is 62.3 Å². The Morgan fingerprint density at radius 2 is 0.700 bits per heavy atom. The maximum absolute atomic E-state index is 7.00. The zero-order valence-electron chi connectivity index (χ0n) is 14.6. The van der Waals surface area contributed by atoms with Gasteiger partial charge in [0.1, 0.15) is 0 Å². The van der Waals surface area contributed by atoms with Crippen LogP contribution in [-0.2, 0) is 0 Å². The van der Waals surface area contributed by atoms with Gasteiger partial charge in [-0.1, -0.05) is 64.1 Å². The third-order valence-electron chi connectivity index (χ3n) is 2.39. The number of piperazine rings is 1. The number of nitrogens with zero attached hydrogens (tertiary/aromatic N) is 2. The molecule has 1 saturated heterocycles. The molecule has 1 heterocycles. The predicted molar refractivity (Wildman–Crippen MR) is 92.3 cm³/mol. The lowest BCUT2D eigenvalue weighted by molar-refractivity contribution is 0.181. The van der Waals surface area contributed by atoms with Crippen LogP contribution in [0.5, 0.6) is 0 Å². The first-order valence-corrected chi connectivity index (χ1v) is 7.61. The highest BCUT2D eigenvalue weighted by atomic mass is 16.2. The van der Waals surface area contributed by atoms with Crippen molar-refractivity contribution in [2.75, 3.05) is 47.4 Å². The molecule has 0 radical (unpaired) electrons. The molecular weight excluding hydrogens is 248 g/mol. The molecule has 0 saturated carbocycles. The summed E-state index contributed by atoms with van der Waals surface area (Å²) in [5, 5.41) is 7.00. The van der Waals surface area contributed by atoms with Gasteiger partial charge in [-0.15, -0.1) is 0 Å². The van der Waals surface area contributed by atoms with Crippen molar-refractivity contribution in [3.63, 3.8) is 0 Å². The summed E-state index contributed by atoms with van der Waals surface area (Å²) in [7, 11) is 5.35. The van der Waals surface area contributed by atoms with E-state index in [0.717, 1.165) is 7.11 Å². The topological polar surface area (TPSA) is 26.7 Å². The van der Waals surface area contributed by atoms with E-state index in [4.69, 9.17) is 5.11 Å². The van der Waals surface area contributed by atoms with Crippen molar-refractivity contribution in [2.24, 2.45) is 0 Å². The zero-order chi connectivity index (χ0) is 16.2. The highest BCUT2D eigenvalue weighted by Crippen LogP contribution is 1.93. The number of aliphatic hydroxyl groups is 1. The molecule has 0 amide bonds. The number of likely N-dealkylation sites (N-methyl/N-ethyl adjacent to an activating group) is 2. The zero-order valence-corrected chi connectivity index (χ0v) is 14.6. The fourth-order valence-corrected chi connectivity index (χ4v) is 1.29. The minimum absolute atomic E-state index is 1.00. The molecule has 120 valence electrons. The first kappa shape index (κ1) is 24.1. The molecule has 0 aromatic heterocycles. The second-order valence-electron chi connectivity index (χ2n) is 3.76. The Morgan fingerprint density at radius 1 is 0.550 bits per heavy atom. The van der Waals surface area contributed by atoms with E-state index in [-0.39, 0.29) is 0 Å². The highest BCUT2D eigenvalue weighted by Gasteiger charge is 2.07. The van der Waals surface area contributed by atoms with E-state index in [1.54, 1.807) is 0 Å². The van der Waals surface area contributed by atoms with Gasteiger partial charge in [0, 0.05) is 33.3 Å². The molecule has 2 rings (SSSR count). The van der Waals surface area contributed by atoms with Crippen molar-refractivity contribution < 1.29 is 5.11 Å². The monoisotopic (exact) mass is 284 g/mol. The SMILES string of the molecule is CC.CC.CN1CCN(C)CC1.CO.c1ccccc1. The van der Waals surface area contributed by atoms with Crippen LogP contribution >= 0.6 is 0 Å². The van der Waals surface area contributed by atoms with Crippen molar-refractivity contribution in [1.82, 2.24) is 9.80 Å². The Kier molecular flexibility index (Phi) is 28.0. The van der Waals surface area contributed by atoms with E-state index in [0.29, 0.717) is 0 Å². The summed E-state index contributed by atoms with van der Waals surface area (Å²) in [5.41, 5.74) is 0. The molecule has 1 fully saturated rings. The molecule has 0 atom stereocenters. The van der Waals surface area contributed by atoms with E-state index in [1.807, 2.05) is 64.1 Å². The van der Waals surface area contributed by atoms with Crippen LogP contribution in [0.3, 0.4) is 0 Å². The summed E-state index contributed by atoms with van der Waals surface area (Å²) in [4.78, 5) is 4.72. The fraction of sp³-hybridized carbons (Fsp3) is 0.647. The maximum Gasteiger partial charge on any atom is 0.0319 e. The number of aliphatic hydroxyl groups excluding tert-OH is 1. The van der Waals surface area contributed by atoms with E-state index in [2.05, 4.69) is 23.9 Å². The normalized spacial score (nSPS) is 13.8. The van der Waals surface area contributed by atoms with Gasteiger partial charge in [0.25, 0.3) is 0 Å². The average molecular weight is 284 g/mol. The molecule has 1 N–H and O–H groups in total. The summed E-state index contributed by atoms with van der Waals surface area (Å²) >= 11 is 0. The van der Waals surface area contributed by atoms with Crippen LogP contribution < -0.4 is 0 Å². The Hall–Kier alpha value is -0.900. The second kappa shape index (κ2) is 23.2. The van der Waals surface area contributed by atoms with Crippen molar-refractivity contribution in [1.29, 1.82) is 0 Å². The molecule has 3 heteroatoms. The molecule has 0 aliphatic carbocycles. The van der Waals surface area contributed by atoms with Crippen LogP contribution in [0.2, 0.25) is 0 Å². The van der Waals surface area contributed by atoms with Gasteiger partial charge in [0.15, 0.2) is 0 Å². The number of hydrogen-bond acceptors (Lipinski definition) is 3. The molecule has 0 spiro atoms. The molecule has 1 aromatic carbocycles. The number of benzene rings is 1. The lowest BCUT2D eigenvalue weighted by atomic mass is 10.4. The van der Waals surface area contributed by atoms with E-state index in [1.165, 1.54) is 26.2 Å². The molecule has 1 aromatic rings. The van der Waals surface area contributed by atoms with Gasteiger partial charge in [0.2, 0.25) is 0 Å². The van der Waals surface area contributed by atoms with Gasteiger partial charge in [-0.3, -0.25) is 0 Å².